The van der Waals surface area contributed by atoms with Crippen LogP contribution in [-0.4, -0.2) is 39.9 Å². The Balaban J connectivity index is 1.59. The molecule has 0 bridgehead atoms. The number of methoxy groups -OCH3 is 1. The van der Waals surface area contributed by atoms with E-state index in [1.165, 1.54) is 37.6 Å². The Kier molecular flexibility index (Phi) is 6.50. The van der Waals surface area contributed by atoms with E-state index in [9.17, 15) is 18.5 Å². The van der Waals surface area contributed by atoms with Crippen LogP contribution in [0.5, 0.6) is 17.2 Å². The van der Waals surface area contributed by atoms with Crippen LogP contribution >= 0.6 is 0 Å². The predicted octanol–water partition coefficient (Wildman–Crippen LogP) is 3.62. The van der Waals surface area contributed by atoms with Gasteiger partial charge in [0.15, 0.2) is 11.5 Å². The first-order valence-corrected chi connectivity index (χ1v) is 11.5. The molecule has 0 spiro atoms. The van der Waals surface area contributed by atoms with Gasteiger partial charge in [-0.05, 0) is 54.1 Å². The second kappa shape index (κ2) is 9.67. The quantitative estimate of drug-likeness (QED) is 0.281. The topological polar surface area (TPSA) is 141 Å². The Morgan fingerprint density at radius 2 is 1.76 bits per heavy atom. The molecule has 0 aliphatic carbocycles. The van der Waals surface area contributed by atoms with Crippen molar-refractivity contribution in [3.63, 3.8) is 0 Å². The lowest BCUT2D eigenvalue weighted by Crippen LogP contribution is -2.15. The van der Waals surface area contributed by atoms with Crippen LogP contribution in [0, 0.1) is 10.1 Å². The largest absolute Gasteiger partial charge is 0.497 e. The Labute approximate surface area is 195 Å². The van der Waals surface area contributed by atoms with Gasteiger partial charge >= 0.3 is 0 Å². The Bertz CT molecular complexity index is 1340. The smallest absolute Gasteiger partial charge is 0.270 e. The van der Waals surface area contributed by atoms with Gasteiger partial charge in [-0.1, -0.05) is 0 Å². The zero-order chi connectivity index (χ0) is 24.1. The van der Waals surface area contributed by atoms with Crippen LogP contribution in [-0.2, 0) is 10.0 Å². The summed E-state index contributed by atoms with van der Waals surface area (Å²) in [5.74, 6) is 1.76. The highest BCUT2D eigenvalue weighted by atomic mass is 32.2. The summed E-state index contributed by atoms with van der Waals surface area (Å²) in [6.45, 7) is 0.918. The molecule has 0 saturated carbocycles. The molecule has 0 atom stereocenters. The summed E-state index contributed by atoms with van der Waals surface area (Å²) in [5, 5.41) is 15.3. The van der Waals surface area contributed by atoms with Crippen LogP contribution in [0.2, 0.25) is 0 Å². The number of fused-ring (bicyclic) bond motifs is 1. The third-order valence-electron chi connectivity index (χ3n) is 4.77. The molecule has 2 N–H and O–H groups in total. The highest BCUT2D eigenvalue weighted by Gasteiger charge is 2.23. The van der Waals surface area contributed by atoms with Gasteiger partial charge in [-0.25, -0.2) is 8.42 Å². The number of sulfonamides is 1. The molecular formula is C22H20N4O7S. The van der Waals surface area contributed by atoms with Gasteiger partial charge in [0.2, 0.25) is 0 Å². The third-order valence-corrected chi connectivity index (χ3v) is 6.19. The Morgan fingerprint density at radius 1 is 1.03 bits per heavy atom. The summed E-state index contributed by atoms with van der Waals surface area (Å²) in [5.41, 5.74) is 3.27. The average molecular weight is 484 g/mol. The van der Waals surface area contributed by atoms with E-state index in [1.54, 1.807) is 30.3 Å². The first-order valence-electron chi connectivity index (χ1n) is 10.00. The zero-order valence-electron chi connectivity index (χ0n) is 17.9. The van der Waals surface area contributed by atoms with Crippen molar-refractivity contribution in [2.45, 2.75) is 4.90 Å². The van der Waals surface area contributed by atoms with Gasteiger partial charge in [-0.3, -0.25) is 20.3 Å². The lowest BCUT2D eigenvalue weighted by atomic mass is 10.2. The van der Waals surface area contributed by atoms with Crippen molar-refractivity contribution in [1.29, 1.82) is 0 Å². The van der Waals surface area contributed by atoms with Crippen molar-refractivity contribution in [3.05, 3.63) is 76.3 Å². The van der Waals surface area contributed by atoms with Gasteiger partial charge in [0.05, 0.1) is 23.9 Å². The molecule has 1 heterocycles. The first kappa shape index (κ1) is 22.9. The van der Waals surface area contributed by atoms with Gasteiger partial charge < -0.3 is 14.2 Å². The third kappa shape index (κ3) is 5.18. The van der Waals surface area contributed by atoms with Crippen molar-refractivity contribution >= 4 is 33.3 Å². The lowest BCUT2D eigenvalue weighted by Gasteiger charge is -2.18. The molecule has 1 aliphatic rings. The van der Waals surface area contributed by atoms with Gasteiger partial charge in [-0.2, -0.15) is 5.10 Å². The minimum atomic E-state index is -4.19. The summed E-state index contributed by atoms with van der Waals surface area (Å²) in [6.07, 6.45) is 1.47. The van der Waals surface area contributed by atoms with E-state index in [-0.39, 0.29) is 22.0 Å². The van der Waals surface area contributed by atoms with Crippen LogP contribution in [0.3, 0.4) is 0 Å². The highest BCUT2D eigenvalue weighted by Crippen LogP contribution is 2.31. The summed E-state index contributed by atoms with van der Waals surface area (Å²) < 4.78 is 44.6. The van der Waals surface area contributed by atoms with Crippen LogP contribution in [0.1, 0.15) is 5.56 Å². The number of hydrogen-bond acceptors (Lipinski definition) is 9. The van der Waals surface area contributed by atoms with E-state index in [0.29, 0.717) is 36.0 Å². The van der Waals surface area contributed by atoms with Crippen LogP contribution in [0.15, 0.2) is 70.7 Å². The average Bonchev–Trinajstić information content (AvgIpc) is 2.84. The monoisotopic (exact) mass is 484 g/mol. The highest BCUT2D eigenvalue weighted by molar-refractivity contribution is 7.92. The number of nitrogens with one attached hydrogen (secondary N) is 2. The number of rotatable bonds is 8. The number of ether oxygens (including phenoxy) is 3. The molecule has 3 aromatic rings. The molecule has 12 heteroatoms. The molecule has 4 rings (SSSR count). The maximum absolute atomic E-state index is 13.1. The second-order valence-corrected chi connectivity index (χ2v) is 8.70. The summed E-state index contributed by atoms with van der Waals surface area (Å²) >= 11 is 0. The van der Waals surface area contributed by atoms with E-state index >= 15 is 0 Å². The fourth-order valence-corrected chi connectivity index (χ4v) is 4.36. The standard InChI is InChI=1S/C22H20N4O7S/c1-31-18-6-3-16(4-7-18)25-34(29,30)22-13-17(26(27)28)5-8-19(22)24-23-14-15-2-9-20-21(12-15)33-11-10-32-20/h2-9,12-14,24-25H,10-11H2,1H3. The SMILES string of the molecule is COc1ccc(NS(=O)(=O)c2cc([N+](=O)[O-])ccc2NN=Cc2ccc3c(c2)OCCO3)cc1. The van der Waals surface area contributed by atoms with Crippen LogP contribution in [0.25, 0.3) is 0 Å². The number of hydrogen-bond donors (Lipinski definition) is 2. The number of nitrogens with zero attached hydrogens (tertiary/aromatic N) is 2. The molecular weight excluding hydrogens is 464 g/mol. The molecule has 0 radical (unpaired) electrons. The van der Waals surface area contributed by atoms with Crippen LogP contribution in [0.4, 0.5) is 17.1 Å². The number of hydrazone groups is 1. The minimum absolute atomic E-state index is 0.0559. The van der Waals surface area contributed by atoms with Crippen LogP contribution < -0.4 is 24.4 Å². The lowest BCUT2D eigenvalue weighted by molar-refractivity contribution is -0.385. The minimum Gasteiger partial charge on any atom is -0.497 e. The van der Waals surface area contributed by atoms with Gasteiger partial charge in [0.25, 0.3) is 15.7 Å². The zero-order valence-corrected chi connectivity index (χ0v) is 18.7. The predicted molar refractivity (Wildman–Crippen MR) is 126 cm³/mol. The molecule has 1 aliphatic heterocycles. The molecule has 34 heavy (non-hydrogen) atoms. The van der Waals surface area contributed by atoms with E-state index < -0.39 is 14.9 Å². The van der Waals surface area contributed by atoms with Gasteiger partial charge in [0, 0.05) is 17.8 Å². The number of nitro groups is 1. The number of benzene rings is 3. The summed E-state index contributed by atoms with van der Waals surface area (Å²) in [4.78, 5) is 10.2. The van der Waals surface area contributed by atoms with E-state index in [2.05, 4.69) is 15.2 Å². The number of nitro benzene ring substituents is 1. The van der Waals surface area contributed by atoms with E-state index in [1.807, 2.05) is 0 Å². The summed E-state index contributed by atoms with van der Waals surface area (Å²) in [7, 11) is -2.70. The normalized spacial score (nSPS) is 12.9. The summed E-state index contributed by atoms with van der Waals surface area (Å²) in [6, 6.07) is 14.9. The van der Waals surface area contributed by atoms with E-state index in [4.69, 9.17) is 14.2 Å². The first-order chi connectivity index (χ1) is 16.4. The van der Waals surface area contributed by atoms with Crippen molar-refractivity contribution in [2.24, 2.45) is 5.10 Å². The maximum Gasteiger partial charge on any atom is 0.270 e. The van der Waals surface area contributed by atoms with E-state index in [0.717, 1.165) is 6.07 Å². The van der Waals surface area contributed by atoms with Gasteiger partial charge in [0.1, 0.15) is 23.9 Å². The van der Waals surface area contributed by atoms with Crippen molar-refractivity contribution in [3.8, 4) is 17.2 Å². The van der Waals surface area contributed by atoms with Crippen molar-refractivity contribution in [1.82, 2.24) is 0 Å². The molecule has 0 amide bonds. The van der Waals surface area contributed by atoms with Crippen molar-refractivity contribution < 1.29 is 27.6 Å². The fraction of sp³-hybridized carbons (Fsp3) is 0.136. The molecule has 3 aromatic carbocycles. The maximum atomic E-state index is 13.1. The molecule has 0 saturated heterocycles. The molecule has 0 fully saturated rings. The van der Waals surface area contributed by atoms with Crippen molar-refractivity contribution in [2.75, 3.05) is 30.5 Å². The molecule has 0 unspecified atom stereocenters. The molecule has 176 valence electrons. The molecule has 11 nitrogen and oxygen atoms in total. The molecule has 0 aromatic heterocycles. The Morgan fingerprint density at radius 3 is 2.47 bits per heavy atom. The Hall–Kier alpha value is -4.32. The number of anilines is 2. The van der Waals surface area contributed by atoms with Gasteiger partial charge in [-0.15, -0.1) is 0 Å². The second-order valence-electron chi connectivity index (χ2n) is 7.04. The number of non-ortho nitro benzene ring substituents is 1. The fourth-order valence-electron chi connectivity index (χ4n) is 3.13.